The van der Waals surface area contributed by atoms with Gasteiger partial charge in [0.25, 0.3) is 0 Å². The number of nitrogens with one attached hydrogen (secondary N) is 1. The first-order chi connectivity index (χ1) is 10.1. The molecule has 2 N–H and O–H groups in total. The van der Waals surface area contributed by atoms with Gasteiger partial charge in [0.1, 0.15) is 0 Å². The lowest BCUT2D eigenvalue weighted by Crippen LogP contribution is -2.49. The van der Waals surface area contributed by atoms with E-state index in [0.717, 1.165) is 57.9 Å². The first-order valence-electron chi connectivity index (χ1n) is 8.41. The van der Waals surface area contributed by atoms with Gasteiger partial charge in [0, 0.05) is 38.7 Å². The van der Waals surface area contributed by atoms with Crippen LogP contribution in [0.5, 0.6) is 0 Å². The molecule has 1 unspecified atom stereocenters. The fourth-order valence-electron chi connectivity index (χ4n) is 4.05. The van der Waals surface area contributed by atoms with E-state index in [1.54, 1.807) is 0 Å². The summed E-state index contributed by atoms with van der Waals surface area (Å²) in [5, 5.41) is 14.0. The molecular formula is C16H29N3O2. The van der Waals surface area contributed by atoms with Gasteiger partial charge in [-0.2, -0.15) is 0 Å². The predicted molar refractivity (Wildman–Crippen MR) is 83.5 cm³/mol. The summed E-state index contributed by atoms with van der Waals surface area (Å²) in [4.78, 5) is 6.75. The Bertz CT molecular complexity index is 385. The van der Waals surface area contributed by atoms with Crippen LogP contribution in [0.4, 0.5) is 0 Å². The first-order valence-corrected chi connectivity index (χ1v) is 8.41. The van der Waals surface area contributed by atoms with Crippen LogP contribution in [0.2, 0.25) is 0 Å². The molecule has 1 spiro atoms. The van der Waals surface area contributed by atoms with E-state index in [1.807, 2.05) is 7.05 Å². The van der Waals surface area contributed by atoms with Crippen molar-refractivity contribution in [3.63, 3.8) is 0 Å². The van der Waals surface area contributed by atoms with Gasteiger partial charge < -0.3 is 20.1 Å². The number of guanidine groups is 1. The maximum Gasteiger partial charge on any atom is 0.193 e. The van der Waals surface area contributed by atoms with Crippen molar-refractivity contribution < 1.29 is 9.84 Å². The molecule has 5 nitrogen and oxygen atoms in total. The number of hydrogen-bond donors (Lipinski definition) is 2. The predicted octanol–water partition coefficient (Wildman–Crippen LogP) is 1.37. The van der Waals surface area contributed by atoms with Gasteiger partial charge in [-0.05, 0) is 25.7 Å². The van der Waals surface area contributed by atoms with Crippen LogP contribution in [0.25, 0.3) is 0 Å². The highest BCUT2D eigenvalue weighted by atomic mass is 16.5. The van der Waals surface area contributed by atoms with Crippen molar-refractivity contribution in [3.8, 4) is 0 Å². The summed E-state index contributed by atoms with van der Waals surface area (Å²) in [6.45, 7) is 4.50. The van der Waals surface area contributed by atoms with Gasteiger partial charge in [-0.3, -0.25) is 4.99 Å². The van der Waals surface area contributed by atoms with Gasteiger partial charge in [-0.25, -0.2) is 0 Å². The lowest BCUT2D eigenvalue weighted by atomic mass is 9.85. The van der Waals surface area contributed by atoms with E-state index in [9.17, 15) is 5.11 Å². The van der Waals surface area contributed by atoms with Crippen LogP contribution in [0.3, 0.4) is 0 Å². The van der Waals surface area contributed by atoms with Crippen molar-refractivity contribution in [2.45, 2.75) is 50.5 Å². The van der Waals surface area contributed by atoms with Crippen LogP contribution < -0.4 is 5.32 Å². The highest BCUT2D eigenvalue weighted by Gasteiger charge is 2.42. The molecule has 1 saturated carbocycles. The summed E-state index contributed by atoms with van der Waals surface area (Å²) in [7, 11) is 1.84. The molecule has 1 atom stereocenters. The van der Waals surface area contributed by atoms with Gasteiger partial charge in [-0.1, -0.05) is 19.3 Å². The third kappa shape index (κ3) is 3.34. The summed E-state index contributed by atoms with van der Waals surface area (Å²) in [6, 6.07) is 0. The van der Waals surface area contributed by atoms with Crippen molar-refractivity contribution in [1.29, 1.82) is 0 Å². The minimum atomic E-state index is -0.540. The molecule has 0 amide bonds. The molecule has 3 fully saturated rings. The summed E-state index contributed by atoms with van der Waals surface area (Å²) in [5.74, 6) is 0.942. The zero-order chi connectivity index (χ0) is 14.8. The monoisotopic (exact) mass is 295 g/mol. The third-order valence-electron chi connectivity index (χ3n) is 5.49. The highest BCUT2D eigenvalue weighted by molar-refractivity contribution is 5.80. The van der Waals surface area contributed by atoms with Crippen LogP contribution in [-0.4, -0.2) is 61.5 Å². The van der Waals surface area contributed by atoms with Crippen molar-refractivity contribution in [2.75, 3.05) is 39.9 Å². The smallest absolute Gasteiger partial charge is 0.193 e. The second-order valence-corrected chi connectivity index (χ2v) is 7.16. The molecule has 2 heterocycles. The van der Waals surface area contributed by atoms with Crippen LogP contribution in [0, 0.1) is 5.41 Å². The topological polar surface area (TPSA) is 57.1 Å². The molecule has 120 valence electrons. The largest absolute Gasteiger partial charge is 0.388 e. The maximum atomic E-state index is 10.6. The minimum absolute atomic E-state index is 0.347. The molecular weight excluding hydrogens is 266 g/mol. The summed E-state index contributed by atoms with van der Waals surface area (Å²) >= 11 is 0. The highest BCUT2D eigenvalue weighted by Crippen LogP contribution is 2.38. The Balaban J connectivity index is 1.54. The zero-order valence-corrected chi connectivity index (χ0v) is 13.2. The molecule has 0 bridgehead atoms. The molecule has 1 aliphatic carbocycles. The van der Waals surface area contributed by atoms with E-state index in [0.29, 0.717) is 12.0 Å². The number of hydrogen-bond acceptors (Lipinski definition) is 3. The molecule has 0 aromatic heterocycles. The Morgan fingerprint density at radius 2 is 2.05 bits per heavy atom. The van der Waals surface area contributed by atoms with Crippen molar-refractivity contribution in [3.05, 3.63) is 0 Å². The number of ether oxygens (including phenoxy) is 1. The van der Waals surface area contributed by atoms with E-state index < -0.39 is 5.60 Å². The van der Waals surface area contributed by atoms with E-state index in [2.05, 4.69) is 15.2 Å². The third-order valence-corrected chi connectivity index (χ3v) is 5.49. The standard InChI is InChI=1S/C16H29N3O2/c1-17-14(18-11-16(20)5-3-2-4-6-16)19-9-7-15(12-19)8-10-21-13-15/h20H,2-13H2,1H3,(H,17,18). The first kappa shape index (κ1) is 15.1. The normalized spacial score (nSPS) is 32.9. The van der Waals surface area contributed by atoms with Gasteiger partial charge >= 0.3 is 0 Å². The molecule has 3 rings (SSSR count). The summed E-state index contributed by atoms with van der Waals surface area (Å²) in [5.41, 5.74) is -0.193. The number of aliphatic hydroxyl groups is 1. The Kier molecular flexibility index (Phi) is 4.41. The van der Waals surface area contributed by atoms with Crippen molar-refractivity contribution >= 4 is 5.96 Å². The second kappa shape index (κ2) is 6.13. The Morgan fingerprint density at radius 3 is 2.71 bits per heavy atom. The molecule has 0 radical (unpaired) electrons. The van der Waals surface area contributed by atoms with Gasteiger partial charge in [0.05, 0.1) is 12.2 Å². The average Bonchev–Trinajstić information content (AvgIpc) is 3.11. The van der Waals surface area contributed by atoms with E-state index in [1.165, 1.54) is 19.3 Å². The van der Waals surface area contributed by atoms with Crippen LogP contribution >= 0.6 is 0 Å². The average molecular weight is 295 g/mol. The molecule has 2 saturated heterocycles. The minimum Gasteiger partial charge on any atom is -0.388 e. The molecule has 21 heavy (non-hydrogen) atoms. The van der Waals surface area contributed by atoms with Gasteiger partial charge in [0.2, 0.25) is 0 Å². The zero-order valence-electron chi connectivity index (χ0n) is 13.2. The van der Waals surface area contributed by atoms with Gasteiger partial charge in [-0.15, -0.1) is 0 Å². The fraction of sp³-hybridized carbons (Fsp3) is 0.938. The Morgan fingerprint density at radius 1 is 1.24 bits per heavy atom. The van der Waals surface area contributed by atoms with Crippen LogP contribution in [0.15, 0.2) is 4.99 Å². The molecule has 5 heteroatoms. The van der Waals surface area contributed by atoms with E-state index in [4.69, 9.17) is 4.74 Å². The van der Waals surface area contributed by atoms with E-state index >= 15 is 0 Å². The van der Waals surface area contributed by atoms with Crippen molar-refractivity contribution in [1.82, 2.24) is 10.2 Å². The van der Waals surface area contributed by atoms with Crippen LogP contribution in [0.1, 0.15) is 44.9 Å². The van der Waals surface area contributed by atoms with Crippen molar-refractivity contribution in [2.24, 2.45) is 10.4 Å². The number of likely N-dealkylation sites (tertiary alicyclic amines) is 1. The molecule has 3 aliphatic rings. The number of rotatable bonds is 2. The molecule has 0 aromatic carbocycles. The summed E-state index contributed by atoms with van der Waals surface area (Å²) in [6.07, 6.45) is 7.72. The molecule has 2 aliphatic heterocycles. The number of nitrogens with zero attached hydrogens (tertiary/aromatic N) is 2. The fourth-order valence-corrected chi connectivity index (χ4v) is 4.05. The van der Waals surface area contributed by atoms with Crippen LogP contribution in [-0.2, 0) is 4.74 Å². The van der Waals surface area contributed by atoms with Gasteiger partial charge in [0.15, 0.2) is 5.96 Å². The maximum absolute atomic E-state index is 10.6. The Labute approximate surface area is 127 Å². The summed E-state index contributed by atoms with van der Waals surface area (Å²) < 4.78 is 5.59. The lowest BCUT2D eigenvalue weighted by Gasteiger charge is -2.34. The number of aliphatic imine (C=N–C) groups is 1. The van der Waals surface area contributed by atoms with E-state index in [-0.39, 0.29) is 0 Å². The molecule has 0 aromatic rings. The second-order valence-electron chi connectivity index (χ2n) is 7.16. The lowest BCUT2D eigenvalue weighted by molar-refractivity contribution is 0.00816. The quantitative estimate of drug-likeness (QED) is 0.597. The Hall–Kier alpha value is -0.810. The SMILES string of the molecule is CN=C(NCC1(O)CCCCC1)N1CCC2(CCOC2)C1.